The average Bonchev–Trinajstić information content (AvgIpc) is 2.95. The van der Waals surface area contributed by atoms with Crippen molar-refractivity contribution in [1.29, 1.82) is 5.26 Å². The molecule has 1 aromatic carbocycles. The highest BCUT2D eigenvalue weighted by Crippen LogP contribution is 2.22. The van der Waals surface area contributed by atoms with E-state index in [-0.39, 0.29) is 18.3 Å². The number of hydrogen-bond donors (Lipinski definition) is 2. The zero-order valence-electron chi connectivity index (χ0n) is 14.8. The van der Waals surface area contributed by atoms with Gasteiger partial charge in [-0.1, -0.05) is 0 Å². The average molecular weight is 358 g/mol. The smallest absolute Gasteiger partial charge is 0.315 e. The first kappa shape index (κ1) is 19.2. The van der Waals surface area contributed by atoms with Gasteiger partial charge in [-0.25, -0.2) is 4.79 Å². The highest BCUT2D eigenvalue weighted by molar-refractivity contribution is 6.01. The van der Waals surface area contributed by atoms with Crippen molar-refractivity contribution in [3.8, 4) is 6.07 Å². The lowest BCUT2D eigenvalue weighted by atomic mass is 10.2. The molecular weight excluding hydrogens is 336 g/mol. The summed E-state index contributed by atoms with van der Waals surface area (Å²) in [6.07, 6.45) is 0.551. The molecule has 1 fully saturated rings. The molecule has 2 N–H and O–H groups in total. The van der Waals surface area contributed by atoms with E-state index in [0.29, 0.717) is 30.8 Å². The van der Waals surface area contributed by atoms with Crippen LogP contribution in [0.25, 0.3) is 0 Å². The maximum Gasteiger partial charge on any atom is 0.315 e. The lowest BCUT2D eigenvalue weighted by Gasteiger charge is -2.18. The van der Waals surface area contributed by atoms with Gasteiger partial charge in [0.1, 0.15) is 6.04 Å². The molecule has 0 bridgehead atoms. The monoisotopic (exact) mass is 358 g/mol. The Morgan fingerprint density at radius 3 is 2.69 bits per heavy atom. The van der Waals surface area contributed by atoms with Crippen molar-refractivity contribution in [3.63, 3.8) is 0 Å². The Balaban J connectivity index is 1.86. The third-order valence-electron chi connectivity index (χ3n) is 3.97. The molecule has 1 heterocycles. The fourth-order valence-corrected chi connectivity index (χ4v) is 2.73. The number of rotatable bonds is 6. The summed E-state index contributed by atoms with van der Waals surface area (Å²) in [5.41, 5.74) is 1.21. The molecule has 2 rings (SSSR count). The Hall–Kier alpha value is -3.08. The van der Waals surface area contributed by atoms with Gasteiger partial charge < -0.3 is 20.3 Å². The van der Waals surface area contributed by atoms with Gasteiger partial charge in [0, 0.05) is 18.3 Å². The summed E-state index contributed by atoms with van der Waals surface area (Å²) < 4.78 is 4.83. The standard InChI is InChI=1S/C18H22N4O4/c1-3-26-16(23)10-12(2)20-18(25)21-15-8-9-22(17(15)24)14-6-4-13(11-19)5-7-14/h4-7,12,15H,3,8-10H2,1-2H3,(H2,20,21,25)/t12-,15+/m1/s1. The second-order valence-electron chi connectivity index (χ2n) is 6.02. The van der Waals surface area contributed by atoms with Crippen LogP contribution in [0.15, 0.2) is 24.3 Å². The van der Waals surface area contributed by atoms with Gasteiger partial charge in [-0.05, 0) is 44.5 Å². The normalized spacial score (nSPS) is 17.3. The second-order valence-corrected chi connectivity index (χ2v) is 6.02. The third kappa shape index (κ3) is 4.96. The fraction of sp³-hybridized carbons (Fsp3) is 0.444. The van der Waals surface area contributed by atoms with Crippen LogP contribution in [0.2, 0.25) is 0 Å². The van der Waals surface area contributed by atoms with E-state index in [0.717, 1.165) is 0 Å². The van der Waals surface area contributed by atoms with Gasteiger partial charge in [0.05, 0.1) is 24.7 Å². The van der Waals surface area contributed by atoms with Gasteiger partial charge in [-0.2, -0.15) is 5.26 Å². The molecule has 26 heavy (non-hydrogen) atoms. The first-order chi connectivity index (χ1) is 12.4. The molecule has 0 saturated carbocycles. The largest absolute Gasteiger partial charge is 0.466 e. The fourth-order valence-electron chi connectivity index (χ4n) is 2.73. The van der Waals surface area contributed by atoms with Crippen LogP contribution in [0, 0.1) is 11.3 Å². The zero-order chi connectivity index (χ0) is 19.1. The summed E-state index contributed by atoms with van der Waals surface area (Å²) in [5, 5.41) is 14.1. The van der Waals surface area contributed by atoms with E-state index in [1.165, 1.54) is 0 Å². The predicted molar refractivity (Wildman–Crippen MR) is 94.3 cm³/mol. The van der Waals surface area contributed by atoms with E-state index in [2.05, 4.69) is 10.6 Å². The lowest BCUT2D eigenvalue weighted by Crippen LogP contribution is -2.48. The molecule has 138 valence electrons. The van der Waals surface area contributed by atoms with Crippen LogP contribution in [0.1, 0.15) is 32.3 Å². The number of nitrogens with one attached hydrogen (secondary N) is 2. The molecule has 0 unspecified atom stereocenters. The number of urea groups is 1. The van der Waals surface area contributed by atoms with Crippen LogP contribution in [-0.2, 0) is 14.3 Å². The number of carbonyl (C=O) groups excluding carboxylic acids is 3. The summed E-state index contributed by atoms with van der Waals surface area (Å²) in [6.45, 7) is 4.18. The molecular formula is C18H22N4O4. The molecule has 8 heteroatoms. The molecule has 0 aromatic heterocycles. The van der Waals surface area contributed by atoms with Crippen LogP contribution in [-0.4, -0.2) is 43.1 Å². The molecule has 2 atom stereocenters. The Morgan fingerprint density at radius 2 is 2.08 bits per heavy atom. The number of nitriles is 1. The maximum atomic E-state index is 12.5. The van der Waals surface area contributed by atoms with Gasteiger partial charge in [-0.15, -0.1) is 0 Å². The van der Waals surface area contributed by atoms with Crippen molar-refractivity contribution in [1.82, 2.24) is 10.6 Å². The lowest BCUT2D eigenvalue weighted by molar-refractivity contribution is -0.143. The van der Waals surface area contributed by atoms with E-state index < -0.39 is 18.1 Å². The first-order valence-corrected chi connectivity index (χ1v) is 8.48. The van der Waals surface area contributed by atoms with Crippen LogP contribution >= 0.6 is 0 Å². The van der Waals surface area contributed by atoms with Crippen LogP contribution in [0.3, 0.4) is 0 Å². The number of benzene rings is 1. The molecule has 1 aliphatic rings. The summed E-state index contributed by atoms with van der Waals surface area (Å²) in [5.74, 6) is -0.591. The highest BCUT2D eigenvalue weighted by atomic mass is 16.5. The summed E-state index contributed by atoms with van der Waals surface area (Å²) in [6, 6.07) is 7.21. The van der Waals surface area contributed by atoms with E-state index in [1.54, 1.807) is 43.0 Å². The molecule has 1 saturated heterocycles. The van der Waals surface area contributed by atoms with Gasteiger partial charge in [0.2, 0.25) is 5.91 Å². The quantitative estimate of drug-likeness (QED) is 0.745. The highest BCUT2D eigenvalue weighted by Gasteiger charge is 2.33. The topological polar surface area (TPSA) is 112 Å². The van der Waals surface area contributed by atoms with Crippen LogP contribution < -0.4 is 15.5 Å². The minimum atomic E-state index is -0.625. The van der Waals surface area contributed by atoms with Crippen molar-refractivity contribution in [2.75, 3.05) is 18.1 Å². The van der Waals surface area contributed by atoms with Gasteiger partial charge in [-0.3, -0.25) is 9.59 Å². The number of hydrogen-bond acceptors (Lipinski definition) is 5. The molecule has 0 spiro atoms. The van der Waals surface area contributed by atoms with Crippen LogP contribution in [0.5, 0.6) is 0 Å². The molecule has 0 aliphatic carbocycles. The molecule has 3 amide bonds. The van der Waals surface area contributed by atoms with Crippen molar-refractivity contribution in [2.24, 2.45) is 0 Å². The van der Waals surface area contributed by atoms with Crippen molar-refractivity contribution < 1.29 is 19.1 Å². The predicted octanol–water partition coefficient (Wildman–Crippen LogP) is 1.30. The van der Waals surface area contributed by atoms with E-state index >= 15 is 0 Å². The Morgan fingerprint density at radius 1 is 1.38 bits per heavy atom. The number of esters is 1. The van der Waals surface area contributed by atoms with E-state index in [9.17, 15) is 14.4 Å². The van der Waals surface area contributed by atoms with Gasteiger partial charge in [0.25, 0.3) is 0 Å². The van der Waals surface area contributed by atoms with Crippen molar-refractivity contribution >= 4 is 23.6 Å². The SMILES string of the molecule is CCOC(=O)C[C@@H](C)NC(=O)N[C@H]1CCN(c2ccc(C#N)cc2)C1=O. The number of nitrogens with zero attached hydrogens (tertiary/aromatic N) is 2. The third-order valence-corrected chi connectivity index (χ3v) is 3.97. The molecule has 1 aliphatic heterocycles. The van der Waals surface area contributed by atoms with Gasteiger partial charge in [0.15, 0.2) is 0 Å². The Kier molecular flexibility index (Phi) is 6.55. The summed E-state index contributed by atoms with van der Waals surface area (Å²) in [7, 11) is 0. The summed E-state index contributed by atoms with van der Waals surface area (Å²) in [4.78, 5) is 37.5. The van der Waals surface area contributed by atoms with E-state index in [4.69, 9.17) is 10.00 Å². The van der Waals surface area contributed by atoms with Crippen molar-refractivity contribution in [2.45, 2.75) is 38.8 Å². The molecule has 1 aromatic rings. The minimum Gasteiger partial charge on any atom is -0.466 e. The molecule has 8 nitrogen and oxygen atoms in total. The Bertz CT molecular complexity index is 711. The van der Waals surface area contributed by atoms with Crippen LogP contribution in [0.4, 0.5) is 10.5 Å². The number of amides is 3. The van der Waals surface area contributed by atoms with Gasteiger partial charge >= 0.3 is 12.0 Å². The molecule has 0 radical (unpaired) electrons. The number of ether oxygens (including phenoxy) is 1. The van der Waals surface area contributed by atoms with Crippen molar-refractivity contribution in [3.05, 3.63) is 29.8 Å². The first-order valence-electron chi connectivity index (χ1n) is 8.48. The summed E-state index contributed by atoms with van der Waals surface area (Å²) >= 11 is 0. The van der Waals surface area contributed by atoms with E-state index in [1.807, 2.05) is 6.07 Å². The second kappa shape index (κ2) is 8.85. The zero-order valence-corrected chi connectivity index (χ0v) is 14.8. The number of anilines is 1. The number of carbonyl (C=O) groups is 3. The Labute approximate surface area is 152 Å². The minimum absolute atomic E-state index is 0.0667. The maximum absolute atomic E-state index is 12.5.